The van der Waals surface area contributed by atoms with Crippen LogP contribution in [0.4, 0.5) is 0 Å². The molecule has 0 unspecified atom stereocenters. The summed E-state index contributed by atoms with van der Waals surface area (Å²) < 4.78 is 0.997. The minimum Gasteiger partial charge on any atom is -0.349 e. The highest BCUT2D eigenvalue weighted by Crippen LogP contribution is 2.38. The van der Waals surface area contributed by atoms with E-state index in [4.69, 9.17) is 0 Å². The Balaban J connectivity index is 2.00. The number of nitrogens with one attached hydrogen (secondary N) is 1. The Morgan fingerprint density at radius 3 is 2.47 bits per heavy atom. The lowest BCUT2D eigenvalue weighted by molar-refractivity contribution is 0.0874. The Kier molecular flexibility index (Phi) is 4.34. The lowest BCUT2D eigenvalue weighted by atomic mass is 9.70. The van der Waals surface area contributed by atoms with E-state index in [0.29, 0.717) is 17.4 Å². The number of rotatable bonds is 2. The number of halogens is 1. The van der Waals surface area contributed by atoms with Crippen LogP contribution in [0.15, 0.2) is 28.7 Å². The van der Waals surface area contributed by atoms with Crippen molar-refractivity contribution in [1.29, 1.82) is 0 Å². The van der Waals surface area contributed by atoms with Gasteiger partial charge in [0.2, 0.25) is 0 Å². The van der Waals surface area contributed by atoms with E-state index < -0.39 is 0 Å². The van der Waals surface area contributed by atoms with Crippen molar-refractivity contribution in [2.75, 3.05) is 0 Å². The van der Waals surface area contributed by atoms with Gasteiger partial charge in [-0.25, -0.2) is 0 Å². The number of hydrogen-bond acceptors (Lipinski definition) is 1. The minimum atomic E-state index is 0.0439. The molecule has 0 saturated heterocycles. The van der Waals surface area contributed by atoms with Gasteiger partial charge in [0, 0.05) is 16.1 Å². The van der Waals surface area contributed by atoms with Crippen molar-refractivity contribution in [3.05, 3.63) is 34.3 Å². The third kappa shape index (κ3) is 4.07. The Morgan fingerprint density at radius 2 is 1.89 bits per heavy atom. The molecule has 2 atom stereocenters. The molecule has 3 heteroatoms. The lowest BCUT2D eigenvalue weighted by Gasteiger charge is -2.39. The highest BCUT2D eigenvalue weighted by Gasteiger charge is 2.32. The monoisotopic (exact) mass is 323 g/mol. The maximum absolute atomic E-state index is 12.2. The summed E-state index contributed by atoms with van der Waals surface area (Å²) in [6, 6.07) is 7.83. The minimum absolute atomic E-state index is 0.0439. The van der Waals surface area contributed by atoms with Crippen LogP contribution in [0, 0.1) is 11.3 Å². The van der Waals surface area contributed by atoms with Crippen molar-refractivity contribution in [1.82, 2.24) is 5.32 Å². The van der Waals surface area contributed by atoms with E-state index in [1.54, 1.807) is 0 Å². The van der Waals surface area contributed by atoms with E-state index in [-0.39, 0.29) is 5.91 Å². The van der Waals surface area contributed by atoms with Gasteiger partial charge in [0.1, 0.15) is 0 Å². The predicted octanol–water partition coefficient (Wildman–Crippen LogP) is 4.39. The van der Waals surface area contributed by atoms with Crippen LogP contribution >= 0.6 is 15.9 Å². The Morgan fingerprint density at radius 1 is 1.26 bits per heavy atom. The van der Waals surface area contributed by atoms with Crippen LogP contribution in [0.3, 0.4) is 0 Å². The summed E-state index contributed by atoms with van der Waals surface area (Å²) >= 11 is 3.38. The topological polar surface area (TPSA) is 29.1 Å². The van der Waals surface area contributed by atoms with Gasteiger partial charge < -0.3 is 5.32 Å². The van der Waals surface area contributed by atoms with Crippen molar-refractivity contribution in [3.8, 4) is 0 Å². The molecule has 0 spiro atoms. The van der Waals surface area contributed by atoms with Gasteiger partial charge in [0.15, 0.2) is 0 Å². The molecular weight excluding hydrogens is 302 g/mol. The number of carbonyl (C=O) groups excluding carboxylic acids is 1. The van der Waals surface area contributed by atoms with Gasteiger partial charge in [-0.1, -0.05) is 36.7 Å². The molecule has 2 rings (SSSR count). The third-order valence-electron chi connectivity index (χ3n) is 3.83. The Bertz CT molecular complexity index is 452. The fourth-order valence-corrected chi connectivity index (χ4v) is 3.59. The van der Waals surface area contributed by atoms with Gasteiger partial charge in [-0.2, -0.15) is 0 Å². The summed E-state index contributed by atoms with van der Waals surface area (Å²) in [4.78, 5) is 12.2. The average molecular weight is 324 g/mol. The summed E-state index contributed by atoms with van der Waals surface area (Å²) in [5.41, 5.74) is 1.06. The second-order valence-corrected chi connectivity index (χ2v) is 7.51. The zero-order valence-corrected chi connectivity index (χ0v) is 13.5. The maximum atomic E-state index is 12.2. The molecule has 1 amide bonds. The van der Waals surface area contributed by atoms with Crippen molar-refractivity contribution < 1.29 is 4.79 Å². The van der Waals surface area contributed by atoms with Crippen LogP contribution in [-0.2, 0) is 0 Å². The highest BCUT2D eigenvalue weighted by molar-refractivity contribution is 9.10. The van der Waals surface area contributed by atoms with E-state index in [2.05, 4.69) is 42.0 Å². The first-order chi connectivity index (χ1) is 8.85. The molecule has 1 aliphatic carbocycles. The number of carbonyl (C=O) groups is 1. The van der Waals surface area contributed by atoms with Gasteiger partial charge in [0.25, 0.3) is 5.91 Å². The van der Waals surface area contributed by atoms with Crippen molar-refractivity contribution >= 4 is 21.8 Å². The van der Waals surface area contributed by atoms with Gasteiger partial charge in [0.05, 0.1) is 0 Å². The fourth-order valence-electron chi connectivity index (χ4n) is 3.33. The zero-order valence-electron chi connectivity index (χ0n) is 11.9. The third-order valence-corrected chi connectivity index (χ3v) is 4.36. The van der Waals surface area contributed by atoms with E-state index in [1.807, 2.05) is 24.3 Å². The smallest absolute Gasteiger partial charge is 0.251 e. The molecule has 0 radical (unpaired) electrons. The van der Waals surface area contributed by atoms with E-state index in [0.717, 1.165) is 22.9 Å². The van der Waals surface area contributed by atoms with E-state index >= 15 is 0 Å². The molecule has 0 heterocycles. The van der Waals surface area contributed by atoms with Gasteiger partial charge in [-0.15, -0.1) is 0 Å². The average Bonchev–Trinajstić information content (AvgIpc) is 2.26. The zero-order chi connectivity index (χ0) is 14.0. The first-order valence-electron chi connectivity index (χ1n) is 6.92. The van der Waals surface area contributed by atoms with Gasteiger partial charge in [-0.05, 0) is 54.9 Å². The van der Waals surface area contributed by atoms with Gasteiger partial charge in [-0.3, -0.25) is 4.79 Å². The van der Waals surface area contributed by atoms with Crippen LogP contribution < -0.4 is 5.32 Å². The molecule has 104 valence electrons. The second-order valence-electron chi connectivity index (χ2n) is 6.59. The normalized spacial score (nSPS) is 25.9. The van der Waals surface area contributed by atoms with Crippen LogP contribution in [0.5, 0.6) is 0 Å². The summed E-state index contributed by atoms with van der Waals surface area (Å²) in [6.45, 7) is 6.86. The molecule has 0 aliphatic heterocycles. The van der Waals surface area contributed by atoms with Crippen molar-refractivity contribution in [2.45, 2.75) is 46.1 Å². The second kappa shape index (κ2) is 5.66. The van der Waals surface area contributed by atoms with Crippen LogP contribution in [-0.4, -0.2) is 11.9 Å². The van der Waals surface area contributed by atoms with Crippen molar-refractivity contribution in [3.63, 3.8) is 0 Å². The largest absolute Gasteiger partial charge is 0.349 e. The standard InChI is InChI=1S/C16H22BrNO/c1-11-8-14(10-16(2,3)9-11)18-15(19)12-4-6-13(17)7-5-12/h4-7,11,14H,8-10H2,1-3H3,(H,18,19)/t11-,14+/m1/s1. The Labute approximate surface area is 124 Å². The Hall–Kier alpha value is -0.830. The summed E-state index contributed by atoms with van der Waals surface area (Å²) in [5.74, 6) is 0.723. The molecule has 1 saturated carbocycles. The fraction of sp³-hybridized carbons (Fsp3) is 0.562. The molecule has 1 fully saturated rings. The summed E-state index contributed by atoms with van der Waals surface area (Å²) in [6.07, 6.45) is 3.41. The lowest BCUT2D eigenvalue weighted by Crippen LogP contribution is -2.42. The molecule has 2 nitrogen and oxygen atoms in total. The van der Waals surface area contributed by atoms with Crippen molar-refractivity contribution in [2.24, 2.45) is 11.3 Å². The first-order valence-corrected chi connectivity index (χ1v) is 7.71. The van der Waals surface area contributed by atoms with Crippen LogP contribution in [0.1, 0.15) is 50.4 Å². The summed E-state index contributed by atoms with van der Waals surface area (Å²) in [7, 11) is 0. The number of benzene rings is 1. The van der Waals surface area contributed by atoms with E-state index in [9.17, 15) is 4.79 Å². The SMILES string of the molecule is C[C@@H]1C[C@H](NC(=O)c2ccc(Br)cc2)CC(C)(C)C1. The quantitative estimate of drug-likeness (QED) is 0.859. The summed E-state index contributed by atoms with van der Waals surface area (Å²) in [5, 5.41) is 3.19. The molecule has 1 N–H and O–H groups in total. The molecule has 1 aromatic rings. The molecule has 0 bridgehead atoms. The molecule has 1 aliphatic rings. The van der Waals surface area contributed by atoms with Crippen LogP contribution in [0.25, 0.3) is 0 Å². The predicted molar refractivity (Wildman–Crippen MR) is 82.2 cm³/mol. The maximum Gasteiger partial charge on any atom is 0.251 e. The number of amides is 1. The molecule has 0 aromatic heterocycles. The number of hydrogen-bond donors (Lipinski definition) is 1. The molecular formula is C16H22BrNO. The van der Waals surface area contributed by atoms with E-state index in [1.165, 1.54) is 6.42 Å². The highest BCUT2D eigenvalue weighted by atomic mass is 79.9. The molecule has 19 heavy (non-hydrogen) atoms. The molecule has 1 aromatic carbocycles. The first kappa shape index (κ1) is 14.6. The van der Waals surface area contributed by atoms with Gasteiger partial charge >= 0.3 is 0 Å². The van der Waals surface area contributed by atoms with Crippen LogP contribution in [0.2, 0.25) is 0 Å².